The molecular weight excluding hydrogens is 430 g/mol. The van der Waals surface area contributed by atoms with Gasteiger partial charge in [0.2, 0.25) is 0 Å². The zero-order chi connectivity index (χ0) is 23.3. The van der Waals surface area contributed by atoms with E-state index in [9.17, 15) is 9.59 Å². The average Bonchev–Trinajstić information content (AvgIpc) is 2.89. The van der Waals surface area contributed by atoms with Crippen LogP contribution in [0.2, 0.25) is 0 Å². The third kappa shape index (κ3) is 4.89. The Bertz CT molecular complexity index is 1140. The van der Waals surface area contributed by atoms with Crippen LogP contribution in [0.4, 0.5) is 11.4 Å². The molecule has 7 nitrogen and oxygen atoms in total. The van der Waals surface area contributed by atoms with Crippen LogP contribution < -0.4 is 15.0 Å². The van der Waals surface area contributed by atoms with Gasteiger partial charge in [-0.1, -0.05) is 42.5 Å². The van der Waals surface area contributed by atoms with Crippen molar-refractivity contribution in [3.63, 3.8) is 0 Å². The summed E-state index contributed by atoms with van der Waals surface area (Å²) in [6, 6.07) is 24.8. The van der Waals surface area contributed by atoms with E-state index in [2.05, 4.69) is 10.2 Å². The zero-order valence-electron chi connectivity index (χ0n) is 18.9. The minimum Gasteiger partial charge on any atom is -0.477 e. The second kappa shape index (κ2) is 9.97. The lowest BCUT2D eigenvalue weighted by Gasteiger charge is -2.38. The van der Waals surface area contributed by atoms with Crippen LogP contribution in [0.1, 0.15) is 15.9 Å². The number of morpholine rings is 1. The van der Waals surface area contributed by atoms with E-state index in [-0.39, 0.29) is 11.8 Å². The van der Waals surface area contributed by atoms with Crippen LogP contribution in [0.5, 0.6) is 5.75 Å². The van der Waals surface area contributed by atoms with E-state index in [1.807, 2.05) is 83.8 Å². The van der Waals surface area contributed by atoms with Crippen molar-refractivity contribution in [3.05, 3.63) is 90.0 Å². The number of nitrogens with zero attached hydrogens (tertiary/aromatic N) is 2. The van der Waals surface area contributed by atoms with Gasteiger partial charge in [-0.15, -0.1) is 0 Å². The number of hydrogen-bond donors (Lipinski definition) is 1. The predicted molar refractivity (Wildman–Crippen MR) is 130 cm³/mol. The molecule has 3 aromatic carbocycles. The van der Waals surface area contributed by atoms with E-state index in [4.69, 9.17) is 9.47 Å². The largest absolute Gasteiger partial charge is 0.477 e. The number of anilines is 2. The van der Waals surface area contributed by atoms with Crippen LogP contribution >= 0.6 is 0 Å². The molecule has 0 radical (unpaired) electrons. The van der Waals surface area contributed by atoms with Gasteiger partial charge in [-0.2, -0.15) is 0 Å². The molecule has 0 bridgehead atoms. The molecule has 0 aromatic heterocycles. The molecule has 0 unspecified atom stereocenters. The van der Waals surface area contributed by atoms with E-state index in [0.717, 1.165) is 16.9 Å². The summed E-state index contributed by atoms with van der Waals surface area (Å²) in [6.07, 6.45) is -0.566. The number of hydrogen-bond acceptors (Lipinski definition) is 5. The predicted octanol–water partition coefficient (Wildman–Crippen LogP) is 3.57. The van der Waals surface area contributed by atoms with Gasteiger partial charge in [-0.3, -0.25) is 9.59 Å². The third-order valence-electron chi connectivity index (χ3n) is 6.08. The van der Waals surface area contributed by atoms with Gasteiger partial charge in [-0.05, 0) is 42.0 Å². The van der Waals surface area contributed by atoms with Crippen molar-refractivity contribution in [2.24, 2.45) is 0 Å². The van der Waals surface area contributed by atoms with Gasteiger partial charge in [0.25, 0.3) is 11.8 Å². The Hall–Kier alpha value is -3.84. The average molecular weight is 458 g/mol. The van der Waals surface area contributed by atoms with Crippen molar-refractivity contribution in [3.8, 4) is 5.75 Å². The number of amides is 2. The second-order valence-electron chi connectivity index (χ2n) is 8.41. The molecule has 1 fully saturated rings. The van der Waals surface area contributed by atoms with Crippen LogP contribution in [-0.4, -0.2) is 55.7 Å². The highest BCUT2D eigenvalue weighted by Crippen LogP contribution is 2.34. The Morgan fingerprint density at radius 2 is 1.59 bits per heavy atom. The Balaban J connectivity index is 1.29. The van der Waals surface area contributed by atoms with Gasteiger partial charge < -0.3 is 24.6 Å². The molecule has 2 amide bonds. The number of rotatable bonds is 5. The summed E-state index contributed by atoms with van der Waals surface area (Å²) < 4.78 is 11.5. The topological polar surface area (TPSA) is 71.1 Å². The molecule has 0 spiro atoms. The molecule has 2 heterocycles. The lowest BCUT2D eigenvalue weighted by atomic mass is 10.1. The highest BCUT2D eigenvalue weighted by Gasteiger charge is 2.34. The number of nitrogens with one attached hydrogen (secondary N) is 1. The van der Waals surface area contributed by atoms with E-state index in [1.54, 1.807) is 0 Å². The number of ether oxygens (including phenoxy) is 2. The lowest BCUT2D eigenvalue weighted by molar-refractivity contribution is -0.142. The summed E-state index contributed by atoms with van der Waals surface area (Å²) >= 11 is 0. The molecule has 174 valence electrons. The summed E-state index contributed by atoms with van der Waals surface area (Å²) in [6.45, 7) is 3.36. The van der Waals surface area contributed by atoms with Crippen molar-refractivity contribution in [1.29, 1.82) is 0 Å². The Labute approximate surface area is 198 Å². The maximum Gasteiger partial charge on any atom is 0.265 e. The second-order valence-corrected chi connectivity index (χ2v) is 8.41. The molecule has 0 aliphatic carbocycles. The molecular formula is C27H27N3O4. The maximum absolute atomic E-state index is 13.1. The summed E-state index contributed by atoms with van der Waals surface area (Å²) in [5, 5.41) is 2.90. The van der Waals surface area contributed by atoms with E-state index in [0.29, 0.717) is 50.7 Å². The molecule has 5 rings (SSSR count). The highest BCUT2D eigenvalue weighted by molar-refractivity contribution is 6.04. The molecule has 1 N–H and O–H groups in total. The number of benzene rings is 3. The van der Waals surface area contributed by atoms with Crippen molar-refractivity contribution in [1.82, 2.24) is 4.90 Å². The highest BCUT2D eigenvalue weighted by atomic mass is 16.5. The molecule has 7 heteroatoms. The first kappa shape index (κ1) is 22.0. The van der Waals surface area contributed by atoms with Gasteiger partial charge in [0.1, 0.15) is 5.75 Å². The SMILES string of the molecule is O=C(Nc1ccccc1)c1ccc(CN2C[C@H](C(=O)N3CCOCC3)Oc3ccccc32)cc1. The van der Waals surface area contributed by atoms with Gasteiger partial charge >= 0.3 is 0 Å². The third-order valence-corrected chi connectivity index (χ3v) is 6.08. The molecule has 3 aromatic rings. The summed E-state index contributed by atoms with van der Waals surface area (Å²) in [5.41, 5.74) is 3.36. The normalized spacial score (nSPS) is 17.5. The summed E-state index contributed by atoms with van der Waals surface area (Å²) in [4.78, 5) is 29.7. The van der Waals surface area contributed by atoms with Crippen LogP contribution in [0.25, 0.3) is 0 Å². The van der Waals surface area contributed by atoms with Crippen molar-refractivity contribution in [2.75, 3.05) is 43.1 Å². The van der Waals surface area contributed by atoms with Crippen molar-refractivity contribution < 1.29 is 19.1 Å². The molecule has 2 aliphatic heterocycles. The van der Waals surface area contributed by atoms with Gasteiger partial charge in [0, 0.05) is 30.9 Å². The number of carbonyl (C=O) groups is 2. The van der Waals surface area contributed by atoms with Crippen LogP contribution in [0.3, 0.4) is 0 Å². The fourth-order valence-corrected chi connectivity index (χ4v) is 4.28. The molecule has 1 atom stereocenters. The van der Waals surface area contributed by atoms with Gasteiger partial charge in [-0.25, -0.2) is 0 Å². The molecule has 1 saturated heterocycles. The summed E-state index contributed by atoms with van der Waals surface area (Å²) in [5.74, 6) is 0.556. The standard InChI is InChI=1S/C27H27N3O4/c31-26(28-22-6-2-1-3-7-22)21-12-10-20(11-13-21)18-30-19-25(27(32)29-14-16-33-17-15-29)34-24-9-5-4-8-23(24)30/h1-13,25H,14-19H2,(H,28,31)/t25-/m1/s1. The maximum atomic E-state index is 13.1. The number of carbonyl (C=O) groups excluding carboxylic acids is 2. The fourth-order valence-electron chi connectivity index (χ4n) is 4.28. The monoisotopic (exact) mass is 457 g/mol. The van der Waals surface area contributed by atoms with Gasteiger partial charge in [0.15, 0.2) is 6.10 Å². The number of fused-ring (bicyclic) bond motifs is 1. The van der Waals surface area contributed by atoms with Crippen LogP contribution in [0, 0.1) is 0 Å². The Morgan fingerprint density at radius 1 is 0.882 bits per heavy atom. The first-order valence-electron chi connectivity index (χ1n) is 11.5. The lowest BCUT2D eigenvalue weighted by Crippen LogP contribution is -2.52. The van der Waals surface area contributed by atoms with E-state index >= 15 is 0 Å². The quantitative estimate of drug-likeness (QED) is 0.634. The van der Waals surface area contributed by atoms with E-state index < -0.39 is 6.10 Å². The number of para-hydroxylation sites is 3. The minimum atomic E-state index is -0.566. The Morgan fingerprint density at radius 3 is 2.35 bits per heavy atom. The van der Waals surface area contributed by atoms with Crippen LogP contribution in [-0.2, 0) is 16.1 Å². The van der Waals surface area contributed by atoms with Crippen LogP contribution in [0.15, 0.2) is 78.9 Å². The minimum absolute atomic E-state index is 0.00395. The molecule has 2 aliphatic rings. The molecule has 34 heavy (non-hydrogen) atoms. The van der Waals surface area contributed by atoms with Crippen molar-refractivity contribution in [2.45, 2.75) is 12.6 Å². The first-order chi connectivity index (χ1) is 16.7. The Kier molecular flexibility index (Phi) is 6.44. The summed E-state index contributed by atoms with van der Waals surface area (Å²) in [7, 11) is 0. The zero-order valence-corrected chi connectivity index (χ0v) is 18.9. The first-order valence-corrected chi connectivity index (χ1v) is 11.5. The van der Waals surface area contributed by atoms with Crippen molar-refractivity contribution >= 4 is 23.2 Å². The molecule has 0 saturated carbocycles. The van der Waals surface area contributed by atoms with Gasteiger partial charge in [0.05, 0.1) is 25.4 Å². The smallest absolute Gasteiger partial charge is 0.265 e. The fraction of sp³-hybridized carbons (Fsp3) is 0.259. The van der Waals surface area contributed by atoms with E-state index in [1.165, 1.54) is 0 Å².